The van der Waals surface area contributed by atoms with E-state index >= 15 is 0 Å². The first-order chi connectivity index (χ1) is 13.2. The number of fused-ring (bicyclic) bond motifs is 1. The zero-order valence-corrected chi connectivity index (χ0v) is 16.6. The number of halogens is 2. The molecule has 1 aromatic heterocycles. The van der Waals surface area contributed by atoms with Gasteiger partial charge in [0.25, 0.3) is 6.43 Å². The van der Waals surface area contributed by atoms with Gasteiger partial charge in [0.15, 0.2) is 0 Å². The minimum Gasteiger partial charge on any atom is -0.399 e. The molecule has 0 radical (unpaired) electrons. The molecule has 0 atom stereocenters. The number of alkyl halides is 2. The predicted molar refractivity (Wildman–Crippen MR) is 106 cm³/mol. The smallest absolute Gasteiger partial charge is 0.399 e. The van der Waals surface area contributed by atoms with Gasteiger partial charge < -0.3 is 14.0 Å². The lowest BCUT2D eigenvalue weighted by molar-refractivity contribution is 0.00578. The van der Waals surface area contributed by atoms with Crippen LogP contribution in [0, 0.1) is 0 Å². The maximum absolute atomic E-state index is 13.9. The first-order valence-corrected chi connectivity index (χ1v) is 9.54. The zero-order valence-electron chi connectivity index (χ0n) is 16.6. The molecule has 0 unspecified atom stereocenters. The number of ether oxygens (including phenoxy) is 1. The monoisotopic (exact) mass is 387 g/mol. The van der Waals surface area contributed by atoms with Crippen molar-refractivity contribution in [1.29, 1.82) is 0 Å². The number of hydrogen-bond donors (Lipinski definition) is 0. The Balaban J connectivity index is 1.85. The van der Waals surface area contributed by atoms with Gasteiger partial charge in [-0.05, 0) is 57.3 Å². The van der Waals surface area contributed by atoms with Crippen LogP contribution in [0.15, 0.2) is 30.3 Å². The van der Waals surface area contributed by atoms with Gasteiger partial charge in [-0.2, -0.15) is 0 Å². The van der Waals surface area contributed by atoms with Gasteiger partial charge in [-0.15, -0.1) is 0 Å². The van der Waals surface area contributed by atoms with Gasteiger partial charge in [0.05, 0.1) is 35.6 Å². The highest BCUT2D eigenvalue weighted by Gasteiger charge is 2.52. The van der Waals surface area contributed by atoms with E-state index in [0.29, 0.717) is 36.2 Å². The molecule has 0 bridgehead atoms. The first kappa shape index (κ1) is 19.5. The molecule has 4 nitrogen and oxygen atoms in total. The molecular formula is C21H24BF2NO3. The van der Waals surface area contributed by atoms with E-state index in [-0.39, 0.29) is 5.56 Å². The number of pyridine rings is 1. The first-order valence-electron chi connectivity index (χ1n) is 9.54. The Bertz CT molecular complexity index is 927. The van der Waals surface area contributed by atoms with Gasteiger partial charge in [0.1, 0.15) is 0 Å². The summed E-state index contributed by atoms with van der Waals surface area (Å²) in [6.07, 6.45) is -0.210. The number of aromatic nitrogens is 1. The maximum Gasteiger partial charge on any atom is 0.495 e. The fourth-order valence-electron chi connectivity index (χ4n) is 3.58. The normalized spacial score (nSPS) is 21.4. The Morgan fingerprint density at radius 3 is 2.43 bits per heavy atom. The molecule has 0 spiro atoms. The number of benzene rings is 1. The summed E-state index contributed by atoms with van der Waals surface area (Å²) in [5, 5.41) is 0.632. The highest BCUT2D eigenvalue weighted by Crippen LogP contribution is 2.38. The Morgan fingerprint density at radius 1 is 1.11 bits per heavy atom. The van der Waals surface area contributed by atoms with E-state index in [1.54, 1.807) is 6.07 Å². The van der Waals surface area contributed by atoms with Crippen LogP contribution in [-0.2, 0) is 14.0 Å². The molecule has 2 aliphatic rings. The third-order valence-electron chi connectivity index (χ3n) is 5.93. The lowest BCUT2D eigenvalue weighted by atomic mass is 9.76. The topological polar surface area (TPSA) is 40.6 Å². The molecule has 2 aromatic rings. The van der Waals surface area contributed by atoms with Crippen molar-refractivity contribution in [3.05, 3.63) is 41.6 Å². The minimum atomic E-state index is -2.62. The summed E-state index contributed by atoms with van der Waals surface area (Å²) < 4.78 is 45.4. The molecule has 0 N–H and O–H groups in total. The summed E-state index contributed by atoms with van der Waals surface area (Å²) in [5.74, 6) is 0. The lowest BCUT2D eigenvalue weighted by Gasteiger charge is -2.32. The molecule has 1 saturated heterocycles. The number of nitrogens with zero attached hydrogens (tertiary/aromatic N) is 1. The standard InChI is InChI=1S/C21H24BF2NO3/c1-20(2)21(3,4)28-22(27-20)16-6-5-7-17-14(16)12-15(19(23)24)18(25-17)13-8-10-26-11-9-13/h5-8,12,19H,9-11H2,1-4H3. The van der Waals surface area contributed by atoms with Gasteiger partial charge in [-0.1, -0.05) is 18.2 Å². The van der Waals surface area contributed by atoms with Crippen molar-refractivity contribution in [2.75, 3.05) is 13.2 Å². The second-order valence-electron chi connectivity index (χ2n) is 8.28. The summed E-state index contributed by atoms with van der Waals surface area (Å²) in [5.41, 5.74) is 1.46. The Kier molecular flexibility index (Phi) is 4.80. The SMILES string of the molecule is CC1(C)OB(c2cccc3nc(C4=CCOCC4)c(C(F)F)cc23)OC1(C)C. The average Bonchev–Trinajstić information content (AvgIpc) is 2.88. The second-order valence-corrected chi connectivity index (χ2v) is 8.28. The van der Waals surface area contributed by atoms with E-state index in [9.17, 15) is 8.78 Å². The molecule has 1 aromatic carbocycles. The lowest BCUT2D eigenvalue weighted by Crippen LogP contribution is -2.41. The summed E-state index contributed by atoms with van der Waals surface area (Å²) in [4.78, 5) is 4.61. The van der Waals surface area contributed by atoms with Crippen LogP contribution < -0.4 is 5.46 Å². The maximum atomic E-state index is 13.9. The van der Waals surface area contributed by atoms with Crippen LogP contribution in [-0.4, -0.2) is 36.5 Å². The molecule has 0 amide bonds. The molecule has 0 aliphatic carbocycles. The summed E-state index contributed by atoms with van der Waals surface area (Å²) in [6, 6.07) is 7.09. The van der Waals surface area contributed by atoms with E-state index in [1.165, 1.54) is 0 Å². The molecule has 4 rings (SSSR count). The van der Waals surface area contributed by atoms with Crippen LogP contribution in [0.25, 0.3) is 16.5 Å². The van der Waals surface area contributed by atoms with E-state index in [2.05, 4.69) is 4.98 Å². The van der Waals surface area contributed by atoms with Crippen LogP contribution in [0.1, 0.15) is 51.8 Å². The summed E-state index contributed by atoms with van der Waals surface area (Å²) in [7, 11) is -0.630. The fraction of sp³-hybridized carbons (Fsp3) is 0.476. The summed E-state index contributed by atoms with van der Waals surface area (Å²) >= 11 is 0. The Labute approximate surface area is 164 Å². The van der Waals surface area contributed by atoms with E-state index in [0.717, 1.165) is 11.0 Å². The number of rotatable bonds is 3. The van der Waals surface area contributed by atoms with Crippen LogP contribution in [0.5, 0.6) is 0 Å². The predicted octanol–water partition coefficient (Wildman–Crippen LogP) is 4.28. The van der Waals surface area contributed by atoms with Crippen molar-refractivity contribution in [3.63, 3.8) is 0 Å². The largest absolute Gasteiger partial charge is 0.495 e. The third-order valence-corrected chi connectivity index (χ3v) is 5.93. The quantitative estimate of drug-likeness (QED) is 0.738. The molecular weight excluding hydrogens is 363 g/mol. The van der Waals surface area contributed by atoms with Gasteiger partial charge in [-0.25, -0.2) is 13.8 Å². The highest BCUT2D eigenvalue weighted by atomic mass is 19.3. The molecule has 0 saturated carbocycles. The van der Waals surface area contributed by atoms with E-state index < -0.39 is 24.7 Å². The minimum absolute atomic E-state index is 0.0652. The Hall–Kier alpha value is -1.83. The van der Waals surface area contributed by atoms with Gasteiger partial charge in [0, 0.05) is 10.9 Å². The van der Waals surface area contributed by atoms with Crippen LogP contribution >= 0.6 is 0 Å². The van der Waals surface area contributed by atoms with Gasteiger partial charge in [-0.3, -0.25) is 0 Å². The fourth-order valence-corrected chi connectivity index (χ4v) is 3.58. The van der Waals surface area contributed by atoms with Crippen molar-refractivity contribution in [2.45, 2.75) is 51.7 Å². The molecule has 2 aliphatic heterocycles. The highest BCUT2D eigenvalue weighted by molar-refractivity contribution is 6.65. The third kappa shape index (κ3) is 3.25. The number of hydrogen-bond acceptors (Lipinski definition) is 4. The van der Waals surface area contributed by atoms with Crippen LogP contribution in [0.2, 0.25) is 0 Å². The van der Waals surface area contributed by atoms with Crippen LogP contribution in [0.4, 0.5) is 8.78 Å². The van der Waals surface area contributed by atoms with Crippen molar-refractivity contribution in [1.82, 2.24) is 4.98 Å². The molecule has 1 fully saturated rings. The van der Waals surface area contributed by atoms with Crippen molar-refractivity contribution < 1.29 is 22.8 Å². The average molecular weight is 387 g/mol. The summed E-state index contributed by atoms with van der Waals surface area (Å²) in [6.45, 7) is 8.81. The van der Waals surface area contributed by atoms with Crippen molar-refractivity contribution >= 4 is 29.1 Å². The van der Waals surface area contributed by atoms with Crippen molar-refractivity contribution in [2.24, 2.45) is 0 Å². The van der Waals surface area contributed by atoms with E-state index in [4.69, 9.17) is 14.0 Å². The van der Waals surface area contributed by atoms with Crippen LogP contribution in [0.3, 0.4) is 0 Å². The molecule has 3 heterocycles. The molecule has 28 heavy (non-hydrogen) atoms. The van der Waals surface area contributed by atoms with Crippen molar-refractivity contribution in [3.8, 4) is 0 Å². The van der Waals surface area contributed by atoms with Gasteiger partial charge >= 0.3 is 7.12 Å². The van der Waals surface area contributed by atoms with E-state index in [1.807, 2.05) is 52.0 Å². The second kappa shape index (κ2) is 6.90. The van der Waals surface area contributed by atoms with Gasteiger partial charge in [0.2, 0.25) is 0 Å². The zero-order chi connectivity index (χ0) is 20.1. The Morgan fingerprint density at radius 2 is 1.82 bits per heavy atom. The molecule has 148 valence electrons. The molecule has 7 heteroatoms.